The summed E-state index contributed by atoms with van der Waals surface area (Å²) in [5.41, 5.74) is 1.68. The molecule has 0 bridgehead atoms. The zero-order chi connectivity index (χ0) is 14.0. The van der Waals surface area contributed by atoms with Crippen molar-refractivity contribution in [3.05, 3.63) is 71.2 Å². The molecule has 0 unspecified atom stereocenters. The van der Waals surface area contributed by atoms with Gasteiger partial charge in [0.1, 0.15) is 5.82 Å². The highest BCUT2D eigenvalue weighted by Gasteiger charge is 2.28. The monoisotopic (exact) mass is 264 g/mol. The first-order chi connectivity index (χ1) is 8.86. The molecule has 0 spiro atoms. The lowest BCUT2D eigenvalue weighted by molar-refractivity contribution is 0.0137. The molecule has 19 heavy (non-hydrogen) atoms. The van der Waals surface area contributed by atoms with Gasteiger partial charge in [0.15, 0.2) is 0 Å². The summed E-state index contributed by atoms with van der Waals surface area (Å²) in [4.78, 5) is 4.02. The minimum absolute atomic E-state index is 0.519. The lowest BCUT2D eigenvalue weighted by Gasteiger charge is -2.13. The molecule has 99 valence electrons. The van der Waals surface area contributed by atoms with Gasteiger partial charge in [-0.25, -0.2) is 13.2 Å². The topological polar surface area (TPSA) is 12.9 Å². The number of benzene rings is 1. The van der Waals surface area contributed by atoms with Gasteiger partial charge in [-0.2, -0.15) is 0 Å². The van der Waals surface area contributed by atoms with Crippen molar-refractivity contribution in [1.82, 2.24) is 4.98 Å². The van der Waals surface area contributed by atoms with Gasteiger partial charge in [0.2, 0.25) is 0 Å². The number of rotatable bonds is 3. The third-order valence-corrected chi connectivity index (χ3v) is 2.69. The molecular weight excluding hydrogens is 251 g/mol. The summed E-state index contributed by atoms with van der Waals surface area (Å²) >= 11 is 0. The summed E-state index contributed by atoms with van der Waals surface area (Å²) in [6.45, 7) is 2.57. The van der Waals surface area contributed by atoms with E-state index in [1.54, 1.807) is 18.8 Å². The molecule has 0 fully saturated rings. The Morgan fingerprint density at radius 1 is 1.11 bits per heavy atom. The quantitative estimate of drug-likeness (QED) is 0.808. The Morgan fingerprint density at radius 2 is 1.84 bits per heavy atom. The number of hydrogen-bond acceptors (Lipinski definition) is 1. The lowest BCUT2D eigenvalue weighted by atomic mass is 10.0. The molecule has 1 heterocycles. The minimum atomic E-state index is -3.20. The van der Waals surface area contributed by atoms with E-state index in [9.17, 15) is 13.2 Å². The zero-order valence-electron chi connectivity index (χ0n) is 10.6. The van der Waals surface area contributed by atoms with Crippen LogP contribution in [0.2, 0.25) is 0 Å². The smallest absolute Gasteiger partial charge is 0.264 e. The lowest BCUT2D eigenvalue weighted by Crippen LogP contribution is -2.10. The summed E-state index contributed by atoms with van der Waals surface area (Å²) < 4.78 is 39.8. The average Bonchev–Trinajstić information content (AvgIpc) is 2.30. The fourth-order valence-electron chi connectivity index (χ4n) is 1.82. The number of alkyl halides is 2. The summed E-state index contributed by atoms with van der Waals surface area (Å²) in [5, 5.41) is 0. The van der Waals surface area contributed by atoms with Crippen LogP contribution in [0.5, 0.6) is 0 Å². The van der Waals surface area contributed by atoms with Crippen LogP contribution in [0.1, 0.15) is 29.2 Å². The highest BCUT2D eigenvalue weighted by molar-refractivity contribution is 5.40. The molecule has 0 aliphatic heterocycles. The van der Waals surface area contributed by atoms with Crippen molar-refractivity contribution in [3.63, 3.8) is 0 Å². The van der Waals surface area contributed by atoms with Crippen LogP contribution in [-0.2, 0) is 5.92 Å². The maximum Gasteiger partial charge on any atom is 0.273 e. The SMILES string of the molecule is Cc1cncc([CH]c2ccc(F)c(C(C)(F)F)c2)c1. The van der Waals surface area contributed by atoms with E-state index >= 15 is 0 Å². The Labute approximate surface area is 110 Å². The Balaban J connectivity index is 2.32. The van der Waals surface area contributed by atoms with E-state index in [1.807, 2.05) is 13.0 Å². The highest BCUT2D eigenvalue weighted by Crippen LogP contribution is 2.30. The zero-order valence-corrected chi connectivity index (χ0v) is 10.6. The number of halogens is 3. The predicted molar refractivity (Wildman–Crippen MR) is 67.4 cm³/mol. The Bertz CT molecular complexity index is 588. The Kier molecular flexibility index (Phi) is 3.60. The molecule has 1 radical (unpaired) electrons. The van der Waals surface area contributed by atoms with Gasteiger partial charge in [0, 0.05) is 25.7 Å². The average molecular weight is 264 g/mol. The largest absolute Gasteiger partial charge is 0.273 e. The molecule has 1 aromatic carbocycles. The van der Waals surface area contributed by atoms with Crippen molar-refractivity contribution in [3.8, 4) is 0 Å². The maximum absolute atomic E-state index is 13.4. The van der Waals surface area contributed by atoms with E-state index in [4.69, 9.17) is 0 Å². The van der Waals surface area contributed by atoms with Crippen LogP contribution in [0.4, 0.5) is 13.2 Å². The van der Waals surface area contributed by atoms with Gasteiger partial charge in [-0.1, -0.05) is 12.1 Å². The first kappa shape index (κ1) is 13.6. The molecule has 0 N–H and O–H groups in total. The van der Waals surface area contributed by atoms with Crippen LogP contribution in [0, 0.1) is 19.2 Å². The predicted octanol–water partition coefficient (Wildman–Crippen LogP) is 4.24. The van der Waals surface area contributed by atoms with E-state index in [2.05, 4.69) is 4.98 Å². The van der Waals surface area contributed by atoms with Gasteiger partial charge in [-0.3, -0.25) is 4.98 Å². The molecule has 2 rings (SSSR count). The summed E-state index contributed by atoms with van der Waals surface area (Å²) in [6.07, 6.45) is 5.02. The van der Waals surface area contributed by atoms with Crippen LogP contribution in [0.3, 0.4) is 0 Å². The van der Waals surface area contributed by atoms with Crippen LogP contribution >= 0.6 is 0 Å². The van der Waals surface area contributed by atoms with Crippen LogP contribution in [0.25, 0.3) is 0 Å². The molecule has 0 atom stereocenters. The number of aryl methyl sites for hydroxylation is 1. The summed E-state index contributed by atoms with van der Waals surface area (Å²) in [7, 11) is 0. The van der Waals surface area contributed by atoms with Crippen molar-refractivity contribution < 1.29 is 13.2 Å². The van der Waals surface area contributed by atoms with Gasteiger partial charge in [-0.15, -0.1) is 0 Å². The molecule has 0 saturated carbocycles. The first-order valence-corrected chi connectivity index (χ1v) is 5.80. The second kappa shape index (κ2) is 5.03. The van der Waals surface area contributed by atoms with Gasteiger partial charge < -0.3 is 0 Å². The van der Waals surface area contributed by atoms with Crippen molar-refractivity contribution in [2.24, 2.45) is 0 Å². The molecule has 4 heteroatoms. The first-order valence-electron chi connectivity index (χ1n) is 5.80. The van der Waals surface area contributed by atoms with E-state index < -0.39 is 17.3 Å². The minimum Gasteiger partial charge on any atom is -0.264 e. The number of nitrogens with zero attached hydrogens (tertiary/aromatic N) is 1. The van der Waals surface area contributed by atoms with Crippen LogP contribution in [-0.4, -0.2) is 4.98 Å². The van der Waals surface area contributed by atoms with Crippen molar-refractivity contribution in [1.29, 1.82) is 0 Å². The second-order valence-corrected chi connectivity index (χ2v) is 4.57. The van der Waals surface area contributed by atoms with E-state index in [0.29, 0.717) is 12.5 Å². The third kappa shape index (κ3) is 3.34. The van der Waals surface area contributed by atoms with E-state index in [-0.39, 0.29) is 0 Å². The summed E-state index contributed by atoms with van der Waals surface area (Å²) in [6, 6.07) is 5.56. The molecule has 0 aliphatic carbocycles. The molecule has 0 aliphatic rings. The van der Waals surface area contributed by atoms with Gasteiger partial charge >= 0.3 is 0 Å². The number of pyridine rings is 1. The maximum atomic E-state index is 13.4. The summed E-state index contributed by atoms with van der Waals surface area (Å²) in [5.74, 6) is -4.09. The number of hydrogen-bond donors (Lipinski definition) is 0. The van der Waals surface area contributed by atoms with Crippen molar-refractivity contribution in [2.45, 2.75) is 19.8 Å². The van der Waals surface area contributed by atoms with Crippen LogP contribution in [0.15, 0.2) is 36.7 Å². The van der Waals surface area contributed by atoms with Crippen molar-refractivity contribution in [2.75, 3.05) is 0 Å². The molecular formula is C15H13F3N. The molecule has 0 saturated heterocycles. The number of aromatic nitrogens is 1. The van der Waals surface area contributed by atoms with Gasteiger partial charge in [0.05, 0.1) is 5.56 Å². The highest BCUT2D eigenvalue weighted by atomic mass is 19.3. The van der Waals surface area contributed by atoms with Gasteiger partial charge in [-0.05, 0) is 35.7 Å². The molecule has 2 aromatic rings. The van der Waals surface area contributed by atoms with E-state index in [0.717, 1.165) is 23.3 Å². The second-order valence-electron chi connectivity index (χ2n) is 4.57. The standard InChI is InChI=1S/C15H13F3N/c1-10-5-12(9-19-8-10)6-11-3-4-14(16)13(7-11)15(2,17)18/h3-9H,1-2H3. The normalized spacial score (nSPS) is 11.6. The van der Waals surface area contributed by atoms with Crippen LogP contribution < -0.4 is 0 Å². The molecule has 0 amide bonds. The van der Waals surface area contributed by atoms with Gasteiger partial charge in [0.25, 0.3) is 5.92 Å². The fourth-order valence-corrected chi connectivity index (χ4v) is 1.82. The molecule has 1 nitrogen and oxygen atoms in total. The van der Waals surface area contributed by atoms with Crippen molar-refractivity contribution >= 4 is 0 Å². The van der Waals surface area contributed by atoms with E-state index in [1.165, 1.54) is 6.07 Å². The molecule has 1 aromatic heterocycles. The Morgan fingerprint density at radius 3 is 2.47 bits per heavy atom. The fraction of sp³-hybridized carbons (Fsp3) is 0.200. The third-order valence-electron chi connectivity index (χ3n) is 2.69. The Hall–Kier alpha value is -1.84.